The summed E-state index contributed by atoms with van der Waals surface area (Å²) < 4.78 is 19.3. The van der Waals surface area contributed by atoms with Gasteiger partial charge in [-0.1, -0.05) is 57.2 Å². The number of carbonyl (C=O) groups excluding carboxylic acids is 3. The van der Waals surface area contributed by atoms with E-state index in [1.54, 1.807) is 33.9 Å². The molecular formula is C28H35FN2O5. The maximum absolute atomic E-state index is 14.2. The van der Waals surface area contributed by atoms with Crippen molar-refractivity contribution < 1.29 is 33.1 Å². The number of hydrogen-bond donors (Lipinski definition) is 0. The molecule has 1 heterocycles. The molecule has 0 spiro atoms. The van der Waals surface area contributed by atoms with E-state index in [0.717, 1.165) is 5.56 Å². The van der Waals surface area contributed by atoms with Crippen molar-refractivity contribution in [3.8, 4) is 5.75 Å². The Morgan fingerprint density at radius 3 is 2.17 bits per heavy atom. The lowest BCUT2D eigenvalue weighted by atomic mass is 9.84. The van der Waals surface area contributed by atoms with Crippen LogP contribution in [0.2, 0.25) is 0 Å². The van der Waals surface area contributed by atoms with E-state index < -0.39 is 45.7 Å². The number of nitrogens with zero attached hydrogens (tertiary/aromatic N) is 2. The molecule has 36 heavy (non-hydrogen) atoms. The van der Waals surface area contributed by atoms with Gasteiger partial charge in [-0.05, 0) is 44.0 Å². The van der Waals surface area contributed by atoms with Crippen LogP contribution in [0.4, 0.5) is 9.18 Å². The zero-order chi connectivity index (χ0) is 27.1. The number of quaternary nitrogens is 1. The summed E-state index contributed by atoms with van der Waals surface area (Å²) in [4.78, 5) is 39.9. The minimum absolute atomic E-state index is 0.148. The van der Waals surface area contributed by atoms with Gasteiger partial charge in [0.2, 0.25) is 0 Å². The van der Waals surface area contributed by atoms with E-state index in [4.69, 9.17) is 4.74 Å². The molecule has 3 rings (SSSR count). The Balaban J connectivity index is 2.05. The SMILES string of the molecule is CN1C(=O)C(Cc2ccc(OCc3ccccc3)cc2C(=O)F)[N+](C(=O)[O-])(C(C)(C)C)C1C(C)(C)C. The first-order chi connectivity index (χ1) is 16.6. The minimum atomic E-state index is -1.68. The Morgan fingerprint density at radius 2 is 1.67 bits per heavy atom. The molecule has 0 aliphatic carbocycles. The van der Waals surface area contributed by atoms with Crippen LogP contribution in [0.3, 0.4) is 0 Å². The van der Waals surface area contributed by atoms with Gasteiger partial charge in [0, 0.05) is 18.9 Å². The third-order valence-electron chi connectivity index (χ3n) is 7.02. The first-order valence-corrected chi connectivity index (χ1v) is 12.0. The maximum atomic E-state index is 14.2. The van der Waals surface area contributed by atoms with Crippen LogP contribution in [-0.4, -0.2) is 52.2 Å². The predicted molar refractivity (Wildman–Crippen MR) is 132 cm³/mol. The highest BCUT2D eigenvalue weighted by molar-refractivity contribution is 5.91. The van der Waals surface area contributed by atoms with Crippen molar-refractivity contribution in [1.82, 2.24) is 4.90 Å². The molecule has 1 saturated heterocycles. The van der Waals surface area contributed by atoms with E-state index in [1.165, 1.54) is 17.0 Å². The molecule has 194 valence electrons. The highest BCUT2D eigenvalue weighted by Gasteiger charge is 2.67. The van der Waals surface area contributed by atoms with Gasteiger partial charge in [0.25, 0.3) is 12.0 Å². The summed E-state index contributed by atoms with van der Waals surface area (Å²) in [5.41, 5.74) is -0.658. The molecule has 3 atom stereocenters. The van der Waals surface area contributed by atoms with E-state index in [0.29, 0.717) is 5.75 Å². The number of likely N-dealkylation sites (N-methyl/N-ethyl adjacent to an activating group) is 1. The maximum Gasteiger partial charge on any atom is 0.332 e. The topological polar surface area (TPSA) is 86.7 Å². The molecule has 2 aromatic carbocycles. The molecule has 0 radical (unpaired) electrons. The fourth-order valence-corrected chi connectivity index (χ4v) is 5.69. The minimum Gasteiger partial charge on any atom is -0.498 e. The van der Waals surface area contributed by atoms with Crippen LogP contribution in [0.5, 0.6) is 5.75 Å². The molecule has 0 saturated carbocycles. The second kappa shape index (κ2) is 9.65. The lowest BCUT2D eigenvalue weighted by Gasteiger charge is -2.54. The Bertz CT molecular complexity index is 1150. The number of halogens is 1. The van der Waals surface area contributed by atoms with Gasteiger partial charge < -0.3 is 14.6 Å². The molecule has 1 fully saturated rings. The molecule has 0 bridgehead atoms. The summed E-state index contributed by atoms with van der Waals surface area (Å²) >= 11 is 0. The fourth-order valence-electron chi connectivity index (χ4n) is 5.69. The highest BCUT2D eigenvalue weighted by atomic mass is 19.1. The predicted octanol–water partition coefficient (Wildman–Crippen LogP) is 4.09. The van der Waals surface area contributed by atoms with Gasteiger partial charge in [-0.25, -0.2) is 4.48 Å². The third-order valence-corrected chi connectivity index (χ3v) is 7.02. The van der Waals surface area contributed by atoms with E-state index in [1.807, 2.05) is 51.1 Å². The van der Waals surface area contributed by atoms with Crippen molar-refractivity contribution in [2.75, 3.05) is 7.05 Å². The normalized spacial score (nSPS) is 22.6. The van der Waals surface area contributed by atoms with Crippen LogP contribution in [0.25, 0.3) is 0 Å². The van der Waals surface area contributed by atoms with Gasteiger partial charge in [-0.15, -0.1) is 0 Å². The largest absolute Gasteiger partial charge is 0.498 e. The molecule has 1 aliphatic heterocycles. The van der Waals surface area contributed by atoms with Gasteiger partial charge in [0.05, 0.1) is 11.1 Å². The lowest BCUT2D eigenvalue weighted by Crippen LogP contribution is -2.76. The molecule has 2 amide bonds. The molecule has 1 aliphatic rings. The second-order valence-corrected chi connectivity index (χ2v) is 11.5. The zero-order valence-electron chi connectivity index (χ0n) is 22.0. The van der Waals surface area contributed by atoms with Crippen molar-refractivity contribution in [2.24, 2.45) is 5.41 Å². The number of ether oxygens (including phenoxy) is 1. The first kappa shape index (κ1) is 27.3. The second-order valence-electron chi connectivity index (χ2n) is 11.5. The van der Waals surface area contributed by atoms with Crippen molar-refractivity contribution in [1.29, 1.82) is 0 Å². The van der Waals surface area contributed by atoms with E-state index >= 15 is 0 Å². The van der Waals surface area contributed by atoms with E-state index in [2.05, 4.69) is 0 Å². The smallest absolute Gasteiger partial charge is 0.332 e. The molecule has 8 heteroatoms. The number of carbonyl (C=O) groups is 3. The van der Waals surface area contributed by atoms with Crippen LogP contribution in [0.15, 0.2) is 48.5 Å². The van der Waals surface area contributed by atoms with Crippen LogP contribution < -0.4 is 9.84 Å². The monoisotopic (exact) mass is 498 g/mol. The van der Waals surface area contributed by atoms with Crippen LogP contribution >= 0.6 is 0 Å². The van der Waals surface area contributed by atoms with Crippen LogP contribution in [0.1, 0.15) is 63.0 Å². The van der Waals surface area contributed by atoms with E-state index in [9.17, 15) is 23.9 Å². The Kier molecular flexibility index (Phi) is 7.33. The summed E-state index contributed by atoms with van der Waals surface area (Å²) in [5.74, 6) is -0.0989. The van der Waals surface area contributed by atoms with Crippen molar-refractivity contribution in [2.45, 2.75) is 72.3 Å². The average Bonchev–Trinajstić information content (AvgIpc) is 3.01. The Labute approximate surface area is 212 Å². The van der Waals surface area contributed by atoms with Crippen molar-refractivity contribution in [3.63, 3.8) is 0 Å². The molecule has 0 aromatic heterocycles. The molecule has 7 nitrogen and oxygen atoms in total. The number of rotatable bonds is 6. The number of hydrogen-bond acceptors (Lipinski definition) is 5. The number of amides is 2. The van der Waals surface area contributed by atoms with Gasteiger partial charge in [-0.3, -0.25) is 14.5 Å². The molecule has 0 N–H and O–H groups in total. The zero-order valence-corrected chi connectivity index (χ0v) is 22.0. The van der Waals surface area contributed by atoms with Crippen LogP contribution in [0, 0.1) is 5.41 Å². The van der Waals surface area contributed by atoms with Gasteiger partial charge in [-0.2, -0.15) is 4.39 Å². The van der Waals surface area contributed by atoms with Gasteiger partial charge in [0.1, 0.15) is 12.4 Å². The summed E-state index contributed by atoms with van der Waals surface area (Å²) in [6.45, 7) is 11.1. The molecule has 2 aromatic rings. The Morgan fingerprint density at radius 1 is 1.06 bits per heavy atom. The molecular weight excluding hydrogens is 463 g/mol. The first-order valence-electron chi connectivity index (χ1n) is 12.0. The number of carboxylic acid groups (broad SMARTS) is 1. The highest BCUT2D eigenvalue weighted by Crippen LogP contribution is 2.47. The molecule has 3 unspecified atom stereocenters. The summed E-state index contributed by atoms with van der Waals surface area (Å²) in [7, 11) is 1.58. The quantitative estimate of drug-likeness (QED) is 0.442. The average molecular weight is 499 g/mol. The van der Waals surface area contributed by atoms with E-state index in [-0.39, 0.29) is 24.2 Å². The van der Waals surface area contributed by atoms with Gasteiger partial charge >= 0.3 is 6.04 Å². The van der Waals surface area contributed by atoms with Gasteiger partial charge in [0.15, 0.2) is 12.2 Å². The third kappa shape index (κ3) is 4.74. The summed E-state index contributed by atoms with van der Waals surface area (Å²) in [5, 5.41) is 12.9. The standard InChI is InChI=1S/C28H35FN2O5/c1-27(2,3)25-30(7)24(33)22(31(25,26(34)35)28(4,5)6)15-19-13-14-20(16-21(19)23(29)32)36-17-18-11-9-8-10-12-18/h8-14,16,22,25H,15,17H2,1-7H3. The Hall–Kier alpha value is -3.26. The van der Waals surface area contributed by atoms with Crippen molar-refractivity contribution in [3.05, 3.63) is 65.2 Å². The lowest BCUT2D eigenvalue weighted by molar-refractivity contribution is -0.958. The summed E-state index contributed by atoms with van der Waals surface area (Å²) in [6.07, 6.45) is -2.27. The van der Waals surface area contributed by atoms with Crippen LogP contribution in [-0.2, 0) is 17.8 Å². The fraction of sp³-hybridized carbons (Fsp3) is 0.464. The number of benzene rings is 2. The van der Waals surface area contributed by atoms with Crippen molar-refractivity contribution >= 4 is 18.0 Å². The summed E-state index contributed by atoms with van der Waals surface area (Å²) in [6, 6.07) is 11.0.